The summed E-state index contributed by atoms with van der Waals surface area (Å²) in [5.74, 6) is 1.59. The van der Waals surface area contributed by atoms with E-state index in [-0.39, 0.29) is 23.5 Å². The van der Waals surface area contributed by atoms with Gasteiger partial charge in [0.1, 0.15) is 11.5 Å². The number of piperidine rings is 1. The predicted molar refractivity (Wildman–Crippen MR) is 96.6 cm³/mol. The molecule has 0 aromatic carbocycles. The first-order valence-electron chi connectivity index (χ1n) is 9.97. The molecular weight excluding hydrogens is 330 g/mol. The fraction of sp³-hybridized carbons (Fsp3) is 0.700. The van der Waals surface area contributed by atoms with Gasteiger partial charge in [-0.1, -0.05) is 44.0 Å². The van der Waals surface area contributed by atoms with Crippen molar-refractivity contribution in [1.29, 1.82) is 0 Å². The number of hydroxylamine groups is 2. The minimum Gasteiger partial charge on any atom is -0.361 e. The van der Waals surface area contributed by atoms with E-state index in [9.17, 15) is 10.0 Å². The summed E-state index contributed by atoms with van der Waals surface area (Å²) in [7, 11) is 0. The highest BCUT2D eigenvalue weighted by Crippen LogP contribution is 2.61. The van der Waals surface area contributed by atoms with Crippen LogP contribution in [0.2, 0.25) is 0 Å². The molecule has 1 aliphatic carbocycles. The van der Waals surface area contributed by atoms with Crippen molar-refractivity contribution in [3.63, 3.8) is 0 Å². The average molecular weight is 359 g/mol. The summed E-state index contributed by atoms with van der Waals surface area (Å²) < 4.78 is 5.52. The average Bonchev–Trinajstić information content (AvgIpc) is 3.16. The zero-order chi connectivity index (χ0) is 18.3. The number of nitrogens with zero attached hydrogens (tertiary/aromatic N) is 3. The molecule has 1 aromatic rings. The molecule has 1 N–H and O–H groups in total. The van der Waals surface area contributed by atoms with Crippen molar-refractivity contribution in [3.8, 4) is 0 Å². The molecule has 2 bridgehead atoms. The quantitative estimate of drug-likeness (QED) is 0.581. The van der Waals surface area contributed by atoms with Gasteiger partial charge in [0.2, 0.25) is 0 Å². The maximum Gasteiger partial charge on any atom is 0.344 e. The van der Waals surface area contributed by atoms with Gasteiger partial charge in [0.05, 0.1) is 12.1 Å². The molecule has 2 aliphatic heterocycles. The Labute approximate surface area is 154 Å². The Morgan fingerprint density at radius 2 is 2.15 bits per heavy atom. The van der Waals surface area contributed by atoms with E-state index in [1.165, 1.54) is 12.8 Å². The Balaban J connectivity index is 1.42. The topological polar surface area (TPSA) is 69.8 Å². The van der Waals surface area contributed by atoms with Crippen LogP contribution in [-0.2, 0) is 6.42 Å². The van der Waals surface area contributed by atoms with Crippen molar-refractivity contribution in [1.82, 2.24) is 15.1 Å². The lowest BCUT2D eigenvalue weighted by molar-refractivity contribution is -0.0782. The third kappa shape index (κ3) is 2.94. The smallest absolute Gasteiger partial charge is 0.344 e. The van der Waals surface area contributed by atoms with Crippen LogP contribution in [0.5, 0.6) is 0 Å². The van der Waals surface area contributed by atoms with Gasteiger partial charge in [-0.25, -0.2) is 9.86 Å². The number of allylic oxidation sites excluding steroid dienone is 2. The summed E-state index contributed by atoms with van der Waals surface area (Å²) in [6.45, 7) is 5.07. The van der Waals surface area contributed by atoms with E-state index in [1.54, 1.807) is 4.90 Å². The van der Waals surface area contributed by atoms with Crippen LogP contribution < -0.4 is 0 Å². The molecule has 1 aromatic heterocycles. The highest BCUT2D eigenvalue weighted by molar-refractivity contribution is 5.77. The number of carbonyl (C=O) groups excluding carboxylic acids is 1. The molecule has 2 atom stereocenters. The number of amides is 2. The Hall–Kier alpha value is -1.82. The van der Waals surface area contributed by atoms with Crippen LogP contribution in [0.4, 0.5) is 4.79 Å². The molecule has 4 rings (SSSR count). The van der Waals surface area contributed by atoms with Gasteiger partial charge in [0, 0.05) is 19.0 Å². The number of fused-ring (bicyclic) bond motifs is 3. The molecule has 1 spiro atoms. The van der Waals surface area contributed by atoms with Crippen LogP contribution in [0, 0.1) is 11.3 Å². The van der Waals surface area contributed by atoms with E-state index in [0.717, 1.165) is 54.5 Å². The second-order valence-electron chi connectivity index (χ2n) is 8.19. The van der Waals surface area contributed by atoms with Crippen molar-refractivity contribution in [3.05, 3.63) is 29.7 Å². The Morgan fingerprint density at radius 1 is 1.38 bits per heavy atom. The van der Waals surface area contributed by atoms with Crippen molar-refractivity contribution >= 4 is 6.03 Å². The third-order valence-electron chi connectivity index (χ3n) is 6.71. The van der Waals surface area contributed by atoms with E-state index in [0.29, 0.717) is 6.54 Å². The standard InChI is InChI=1S/C20H29N3O3/c1-3-14(4-2)7-5-6-8-15-11-16(21-26-15)17-12-20(9-10-20)18-13-22(17)19(24)23(18)25/h5-6,11,14,17-18,25H,3-4,7-10,12-13H2,1-2H3/b6-5+/t17-,18-/m0/s1. The SMILES string of the molecule is CCC(CC)C/C=C/Cc1cc([C@@H]2CC3(CC3)[C@@H]3CN2C(=O)N3O)no1. The number of hydrogen-bond acceptors (Lipinski definition) is 4. The molecule has 3 fully saturated rings. The van der Waals surface area contributed by atoms with E-state index in [2.05, 4.69) is 31.2 Å². The summed E-state index contributed by atoms with van der Waals surface area (Å²) >= 11 is 0. The van der Waals surface area contributed by atoms with E-state index >= 15 is 0 Å². The summed E-state index contributed by atoms with van der Waals surface area (Å²) in [4.78, 5) is 14.1. The van der Waals surface area contributed by atoms with Crippen LogP contribution in [-0.4, -0.2) is 38.9 Å². The molecule has 6 nitrogen and oxygen atoms in total. The van der Waals surface area contributed by atoms with Gasteiger partial charge >= 0.3 is 6.03 Å². The summed E-state index contributed by atoms with van der Waals surface area (Å²) in [5.41, 5.74) is 0.901. The lowest BCUT2D eigenvalue weighted by Crippen LogP contribution is -2.41. The summed E-state index contributed by atoms with van der Waals surface area (Å²) in [6.07, 6.45) is 11.7. The molecule has 6 heteroatoms. The summed E-state index contributed by atoms with van der Waals surface area (Å²) in [5, 5.41) is 15.3. The molecule has 2 amide bonds. The lowest BCUT2D eigenvalue weighted by atomic mass is 9.84. The Kier molecular flexibility index (Phi) is 4.55. The monoisotopic (exact) mass is 359 g/mol. The minimum atomic E-state index is -0.293. The van der Waals surface area contributed by atoms with Gasteiger partial charge in [-0.15, -0.1) is 0 Å². The van der Waals surface area contributed by atoms with Gasteiger partial charge in [-0.05, 0) is 37.0 Å². The molecule has 1 saturated carbocycles. The first-order valence-corrected chi connectivity index (χ1v) is 9.97. The van der Waals surface area contributed by atoms with Gasteiger partial charge in [-0.3, -0.25) is 5.21 Å². The molecule has 26 heavy (non-hydrogen) atoms. The third-order valence-corrected chi connectivity index (χ3v) is 6.71. The first kappa shape index (κ1) is 17.6. The molecule has 0 radical (unpaired) electrons. The number of hydrogen-bond donors (Lipinski definition) is 1. The zero-order valence-electron chi connectivity index (χ0n) is 15.7. The molecule has 3 aliphatic rings. The highest BCUT2D eigenvalue weighted by atomic mass is 16.5. The fourth-order valence-corrected chi connectivity index (χ4v) is 4.61. The number of rotatable bonds is 7. The van der Waals surface area contributed by atoms with Crippen molar-refractivity contribution in [2.75, 3.05) is 6.54 Å². The number of urea groups is 1. The molecule has 2 saturated heterocycles. The minimum absolute atomic E-state index is 0.0503. The second kappa shape index (κ2) is 6.72. The second-order valence-corrected chi connectivity index (χ2v) is 8.19. The van der Waals surface area contributed by atoms with E-state index < -0.39 is 0 Å². The van der Waals surface area contributed by atoms with Crippen LogP contribution >= 0.6 is 0 Å². The van der Waals surface area contributed by atoms with Crippen LogP contribution in [0.1, 0.15) is 69.9 Å². The predicted octanol–water partition coefficient (Wildman–Crippen LogP) is 4.32. The first-order chi connectivity index (χ1) is 12.6. The van der Waals surface area contributed by atoms with Crippen LogP contribution in [0.3, 0.4) is 0 Å². The molecule has 0 unspecified atom stereocenters. The van der Waals surface area contributed by atoms with Gasteiger partial charge in [0.15, 0.2) is 0 Å². The van der Waals surface area contributed by atoms with Gasteiger partial charge in [-0.2, -0.15) is 0 Å². The van der Waals surface area contributed by atoms with Crippen LogP contribution in [0.15, 0.2) is 22.7 Å². The van der Waals surface area contributed by atoms with E-state index in [1.807, 2.05) is 6.07 Å². The Bertz CT molecular complexity index is 690. The largest absolute Gasteiger partial charge is 0.361 e. The molecular formula is C20H29N3O3. The number of carbonyl (C=O) groups is 1. The Morgan fingerprint density at radius 3 is 2.85 bits per heavy atom. The fourth-order valence-electron chi connectivity index (χ4n) is 4.61. The highest BCUT2D eigenvalue weighted by Gasteiger charge is 2.63. The molecule has 3 heterocycles. The van der Waals surface area contributed by atoms with Crippen molar-refractivity contribution < 1.29 is 14.5 Å². The normalized spacial score (nSPS) is 26.7. The van der Waals surface area contributed by atoms with E-state index in [4.69, 9.17) is 4.52 Å². The maximum absolute atomic E-state index is 12.4. The van der Waals surface area contributed by atoms with Gasteiger partial charge in [0.25, 0.3) is 0 Å². The lowest BCUT2D eigenvalue weighted by Gasteiger charge is -2.35. The van der Waals surface area contributed by atoms with Crippen molar-refractivity contribution in [2.45, 2.75) is 70.9 Å². The van der Waals surface area contributed by atoms with Crippen LogP contribution in [0.25, 0.3) is 0 Å². The van der Waals surface area contributed by atoms with Crippen molar-refractivity contribution in [2.24, 2.45) is 11.3 Å². The van der Waals surface area contributed by atoms with Gasteiger partial charge < -0.3 is 9.42 Å². The maximum atomic E-state index is 12.4. The zero-order valence-corrected chi connectivity index (χ0v) is 15.7. The summed E-state index contributed by atoms with van der Waals surface area (Å²) in [6, 6.07) is 1.56. The number of aromatic nitrogens is 1. The molecule has 142 valence electrons.